The first-order valence-corrected chi connectivity index (χ1v) is 3.61. The average Bonchev–Trinajstić information content (AvgIpc) is 1.86. The van der Waals surface area contributed by atoms with Gasteiger partial charge < -0.3 is 4.74 Å². The molecule has 0 saturated carbocycles. The van der Waals surface area contributed by atoms with Crippen molar-refractivity contribution in [3.05, 3.63) is 0 Å². The Kier molecular flexibility index (Phi) is 3.18. The van der Waals surface area contributed by atoms with Gasteiger partial charge in [-0.1, -0.05) is 22.9 Å². The predicted octanol–water partition coefficient (Wildman–Crippen LogP) is 1.72. The van der Waals surface area contributed by atoms with Gasteiger partial charge in [0, 0.05) is 0 Å². The topological polar surface area (TPSA) is 26.3 Å². The van der Waals surface area contributed by atoms with Gasteiger partial charge in [-0.2, -0.15) is 0 Å². The Morgan fingerprint density at radius 1 is 1.78 bits per heavy atom. The van der Waals surface area contributed by atoms with Crippen molar-refractivity contribution in [2.45, 2.75) is 24.6 Å². The Morgan fingerprint density at radius 2 is 2.22 bits per heavy atom. The molecule has 0 aromatic heterocycles. The molecule has 0 unspecified atom stereocenters. The summed E-state index contributed by atoms with van der Waals surface area (Å²) < 4.78 is 4.02. The van der Waals surface area contributed by atoms with E-state index in [1.54, 1.807) is 6.92 Å². The number of esters is 1. The molecule has 1 atom stereocenters. The van der Waals surface area contributed by atoms with Crippen molar-refractivity contribution >= 4 is 21.9 Å². The lowest BCUT2D eigenvalue weighted by molar-refractivity contribution is -0.142. The fraction of sp³-hybridized carbons (Fsp3) is 0.833. The van der Waals surface area contributed by atoms with Crippen LogP contribution in [0.4, 0.5) is 0 Å². The van der Waals surface area contributed by atoms with Crippen LogP contribution >= 0.6 is 15.9 Å². The second-order valence-corrected chi connectivity index (χ2v) is 3.79. The summed E-state index contributed by atoms with van der Waals surface area (Å²) in [5.74, 6) is -0.218. The Hall–Kier alpha value is -0.0500. The van der Waals surface area contributed by atoms with Gasteiger partial charge in [0.2, 0.25) is 0 Å². The van der Waals surface area contributed by atoms with Crippen LogP contribution in [0.2, 0.25) is 0 Å². The Morgan fingerprint density at radius 3 is 2.33 bits per heavy atom. The van der Waals surface area contributed by atoms with Crippen LogP contribution in [0.15, 0.2) is 0 Å². The first-order valence-electron chi connectivity index (χ1n) is 2.82. The molecule has 0 aromatic rings. The van der Waals surface area contributed by atoms with Gasteiger partial charge in [0.15, 0.2) is 0 Å². The van der Waals surface area contributed by atoms with Crippen molar-refractivity contribution in [2.24, 2.45) is 0 Å². The number of carbonyl (C=O) groups excluding carboxylic acids is 1. The summed E-state index contributed by atoms with van der Waals surface area (Å²) in [6.45, 7) is 3.71. The maximum atomic E-state index is 10.8. The van der Waals surface area contributed by atoms with E-state index in [1.807, 2.05) is 6.92 Å². The minimum absolute atomic E-state index is 0.218. The fourth-order valence-corrected chi connectivity index (χ4v) is 0.519. The molecule has 0 N–H and O–H groups in total. The lowest BCUT2D eigenvalue weighted by Gasteiger charge is -2.15. The molecule has 0 bridgehead atoms. The predicted molar refractivity (Wildman–Crippen MR) is 39.6 cm³/mol. The quantitative estimate of drug-likeness (QED) is 0.495. The third-order valence-corrected chi connectivity index (χ3v) is 2.16. The zero-order valence-corrected chi connectivity index (χ0v) is 7.49. The number of rotatable bonds is 2. The fourth-order valence-electron chi connectivity index (χ4n) is 0.357. The molecule has 3 heteroatoms. The van der Waals surface area contributed by atoms with Crippen molar-refractivity contribution in [3.8, 4) is 0 Å². The molecule has 2 nitrogen and oxygen atoms in total. The molecule has 54 valence electrons. The van der Waals surface area contributed by atoms with E-state index >= 15 is 0 Å². The number of hydrogen-bond donors (Lipinski definition) is 0. The van der Waals surface area contributed by atoms with Gasteiger partial charge >= 0.3 is 5.97 Å². The number of ether oxygens (including phenoxy) is 1. The van der Waals surface area contributed by atoms with Gasteiger partial charge in [-0.3, -0.25) is 4.79 Å². The van der Waals surface area contributed by atoms with Crippen molar-refractivity contribution < 1.29 is 9.53 Å². The number of methoxy groups -OCH3 is 1. The zero-order valence-electron chi connectivity index (χ0n) is 5.90. The average molecular weight is 195 g/mol. The maximum Gasteiger partial charge on any atom is 0.322 e. The normalized spacial score (nSPS) is 16.4. The molecule has 0 aliphatic heterocycles. The van der Waals surface area contributed by atoms with Crippen LogP contribution in [-0.2, 0) is 9.53 Å². The lowest BCUT2D eigenvalue weighted by atomic mass is 10.1. The standard InChI is InChI=1S/C6H11BrO2/c1-4-6(2,7)5(8)9-3/h4H2,1-3H3/t6-/m1/s1. The van der Waals surface area contributed by atoms with Crippen LogP contribution in [0.3, 0.4) is 0 Å². The summed E-state index contributed by atoms with van der Waals surface area (Å²) in [6, 6.07) is 0. The Bertz CT molecular complexity index is 110. The van der Waals surface area contributed by atoms with E-state index < -0.39 is 4.32 Å². The highest BCUT2D eigenvalue weighted by Gasteiger charge is 2.28. The first-order chi connectivity index (χ1) is 4.04. The second kappa shape index (κ2) is 3.20. The molecule has 0 fully saturated rings. The number of alkyl halides is 1. The van der Waals surface area contributed by atoms with Crippen LogP contribution in [0.1, 0.15) is 20.3 Å². The highest BCUT2D eigenvalue weighted by Crippen LogP contribution is 2.22. The van der Waals surface area contributed by atoms with Gasteiger partial charge in [0.05, 0.1) is 7.11 Å². The molecule has 0 aliphatic rings. The van der Waals surface area contributed by atoms with E-state index in [0.717, 1.165) is 6.42 Å². The summed E-state index contributed by atoms with van der Waals surface area (Å²) >= 11 is 3.23. The number of carbonyl (C=O) groups is 1. The summed E-state index contributed by atoms with van der Waals surface area (Å²) in [5.41, 5.74) is 0. The van der Waals surface area contributed by atoms with Crippen LogP contribution < -0.4 is 0 Å². The SMILES string of the molecule is CC[C@@](C)(Br)C(=O)OC. The third kappa shape index (κ3) is 2.35. The van der Waals surface area contributed by atoms with Crippen molar-refractivity contribution in [2.75, 3.05) is 7.11 Å². The van der Waals surface area contributed by atoms with E-state index in [2.05, 4.69) is 20.7 Å². The third-order valence-electron chi connectivity index (χ3n) is 1.27. The zero-order chi connectivity index (χ0) is 7.49. The van der Waals surface area contributed by atoms with Crippen LogP contribution in [0.25, 0.3) is 0 Å². The minimum atomic E-state index is -0.498. The van der Waals surface area contributed by atoms with Crippen molar-refractivity contribution in [1.82, 2.24) is 0 Å². The van der Waals surface area contributed by atoms with Gasteiger partial charge in [-0.15, -0.1) is 0 Å². The number of hydrogen-bond acceptors (Lipinski definition) is 2. The van der Waals surface area contributed by atoms with Crippen molar-refractivity contribution in [1.29, 1.82) is 0 Å². The summed E-state index contributed by atoms with van der Waals surface area (Å²) in [6.07, 6.45) is 0.736. The van der Waals surface area contributed by atoms with Gasteiger partial charge in [-0.05, 0) is 13.3 Å². The van der Waals surface area contributed by atoms with Crippen LogP contribution in [-0.4, -0.2) is 17.4 Å². The molecular formula is C6H11BrO2. The Balaban J connectivity index is 3.97. The summed E-state index contributed by atoms with van der Waals surface area (Å²) in [5, 5.41) is 0. The Labute approximate surface area is 63.7 Å². The summed E-state index contributed by atoms with van der Waals surface area (Å²) in [4.78, 5) is 10.8. The molecule has 0 aliphatic carbocycles. The van der Waals surface area contributed by atoms with E-state index in [4.69, 9.17) is 0 Å². The first kappa shape index (κ1) is 8.95. The molecule has 0 saturated heterocycles. The minimum Gasteiger partial charge on any atom is -0.468 e. The molecule has 0 radical (unpaired) electrons. The monoisotopic (exact) mass is 194 g/mol. The lowest BCUT2D eigenvalue weighted by Crippen LogP contribution is -2.28. The van der Waals surface area contributed by atoms with Gasteiger partial charge in [0.25, 0.3) is 0 Å². The molecule has 0 rings (SSSR count). The highest BCUT2D eigenvalue weighted by molar-refractivity contribution is 9.10. The largest absolute Gasteiger partial charge is 0.468 e. The van der Waals surface area contributed by atoms with Crippen molar-refractivity contribution in [3.63, 3.8) is 0 Å². The van der Waals surface area contributed by atoms with E-state index in [0.29, 0.717) is 0 Å². The molecule has 0 heterocycles. The van der Waals surface area contributed by atoms with E-state index in [9.17, 15) is 4.79 Å². The van der Waals surface area contributed by atoms with Crippen LogP contribution in [0.5, 0.6) is 0 Å². The highest BCUT2D eigenvalue weighted by atomic mass is 79.9. The second-order valence-electron chi connectivity index (χ2n) is 2.04. The summed E-state index contributed by atoms with van der Waals surface area (Å²) in [7, 11) is 1.39. The molecule has 0 amide bonds. The molecule has 9 heavy (non-hydrogen) atoms. The van der Waals surface area contributed by atoms with Gasteiger partial charge in [0.1, 0.15) is 4.32 Å². The van der Waals surface area contributed by atoms with Crippen LogP contribution in [0, 0.1) is 0 Å². The molecular weight excluding hydrogens is 184 g/mol. The maximum absolute atomic E-state index is 10.8. The number of halogens is 1. The van der Waals surface area contributed by atoms with Gasteiger partial charge in [-0.25, -0.2) is 0 Å². The smallest absolute Gasteiger partial charge is 0.322 e. The molecule has 0 aromatic carbocycles. The van der Waals surface area contributed by atoms with E-state index in [1.165, 1.54) is 7.11 Å². The van der Waals surface area contributed by atoms with E-state index in [-0.39, 0.29) is 5.97 Å². The molecule has 0 spiro atoms.